The Morgan fingerprint density at radius 3 is 1.92 bits per heavy atom. The van der Waals surface area contributed by atoms with Crippen LogP contribution in [0.2, 0.25) is 0 Å². The molecular weight excluding hydrogens is 841 g/mol. The first-order valence-corrected chi connectivity index (χ1v) is 21.5. The standard InChI is InChI=1S/C46H58N6O12.CH4/c1-26-27(2)38(50-52-48)45(61-35(26)25-59-43(53)33-16-12-9-13-17-33)63-40-29(4)41(58-23-31-14-10-8-11-15-31)46(64-42(40)44(54)56-7)62-39-28(3)37(49-51-47)30(5)60-36(39)24-57-22-32-18-20-34(55-6)21-19-32;/h8-21,26-30,35-42,45-46H,22-25H2,1-7H3;1H4/t26-,27-,28+,29-,30-,35?,36?,37?,38?,39-,40-,41?,42?,45-,46+;/m0./s1. The predicted molar refractivity (Wildman–Crippen MR) is 237 cm³/mol. The maximum absolute atomic E-state index is 13.8. The number of hydrogen-bond acceptors (Lipinski definition) is 14. The van der Waals surface area contributed by atoms with Gasteiger partial charge in [0.1, 0.15) is 30.7 Å². The molecule has 3 fully saturated rings. The summed E-state index contributed by atoms with van der Waals surface area (Å²) in [7, 11) is 2.84. The van der Waals surface area contributed by atoms with Crippen molar-refractivity contribution >= 4 is 11.9 Å². The van der Waals surface area contributed by atoms with Crippen LogP contribution < -0.4 is 4.74 Å². The molecule has 0 saturated carbocycles. The van der Waals surface area contributed by atoms with Gasteiger partial charge in [0, 0.05) is 15.7 Å². The lowest BCUT2D eigenvalue weighted by Crippen LogP contribution is -2.63. The van der Waals surface area contributed by atoms with Gasteiger partial charge in [-0.05, 0) is 71.1 Å². The van der Waals surface area contributed by atoms with Gasteiger partial charge in [0.15, 0.2) is 18.7 Å². The number of esters is 2. The Bertz CT molecular complexity index is 2060. The molecule has 0 N–H and O–H groups in total. The van der Waals surface area contributed by atoms with Crippen LogP contribution in [0.3, 0.4) is 0 Å². The molecule has 18 heteroatoms. The molecule has 0 spiro atoms. The fraction of sp³-hybridized carbons (Fsp3) is 0.574. The molecule has 0 aliphatic carbocycles. The van der Waals surface area contributed by atoms with E-state index in [4.69, 9.17) is 47.4 Å². The molecule has 0 bridgehead atoms. The highest BCUT2D eigenvalue weighted by molar-refractivity contribution is 5.89. The lowest BCUT2D eigenvalue weighted by atomic mass is 9.82. The summed E-state index contributed by atoms with van der Waals surface area (Å²) in [4.78, 5) is 32.9. The topological polar surface area (TPSA) is 224 Å². The van der Waals surface area contributed by atoms with Gasteiger partial charge >= 0.3 is 11.9 Å². The first kappa shape index (κ1) is 50.7. The molecule has 0 amide bonds. The first-order valence-electron chi connectivity index (χ1n) is 21.5. The van der Waals surface area contributed by atoms with Gasteiger partial charge in [-0.15, -0.1) is 0 Å². The monoisotopic (exact) mass is 902 g/mol. The van der Waals surface area contributed by atoms with Crippen molar-refractivity contribution in [1.82, 2.24) is 0 Å². The average molecular weight is 903 g/mol. The summed E-state index contributed by atoms with van der Waals surface area (Å²) in [5.41, 5.74) is 21.4. The van der Waals surface area contributed by atoms with Crippen LogP contribution in [0, 0.1) is 23.7 Å². The molecule has 15 atom stereocenters. The van der Waals surface area contributed by atoms with Gasteiger partial charge in [0.2, 0.25) is 0 Å². The van der Waals surface area contributed by atoms with Gasteiger partial charge < -0.3 is 47.4 Å². The van der Waals surface area contributed by atoms with Gasteiger partial charge in [-0.1, -0.05) is 106 Å². The fourth-order valence-electron chi connectivity index (χ4n) is 8.55. The first-order chi connectivity index (χ1) is 31.0. The molecule has 3 aliphatic heterocycles. The zero-order chi connectivity index (χ0) is 45.8. The van der Waals surface area contributed by atoms with E-state index < -0.39 is 91.2 Å². The summed E-state index contributed by atoms with van der Waals surface area (Å²) < 4.78 is 62.2. The maximum atomic E-state index is 13.8. The van der Waals surface area contributed by atoms with E-state index in [1.54, 1.807) is 37.4 Å². The summed E-state index contributed by atoms with van der Waals surface area (Å²) in [5.74, 6) is -2.18. The van der Waals surface area contributed by atoms with Crippen LogP contribution in [0.4, 0.5) is 0 Å². The van der Waals surface area contributed by atoms with Crippen LogP contribution in [0.15, 0.2) is 95.2 Å². The quantitative estimate of drug-likeness (QED) is 0.0508. The van der Waals surface area contributed by atoms with Gasteiger partial charge in [0.05, 0.1) is 70.0 Å². The largest absolute Gasteiger partial charge is 0.497 e. The second-order valence-electron chi connectivity index (χ2n) is 16.5. The van der Waals surface area contributed by atoms with Crippen molar-refractivity contribution in [3.05, 3.63) is 123 Å². The number of hydrogen-bond donors (Lipinski definition) is 0. The third-order valence-electron chi connectivity index (χ3n) is 12.5. The fourth-order valence-corrected chi connectivity index (χ4v) is 8.55. The third kappa shape index (κ3) is 12.6. The molecule has 0 aromatic heterocycles. The van der Waals surface area contributed by atoms with E-state index in [2.05, 4.69) is 20.1 Å². The van der Waals surface area contributed by atoms with E-state index in [9.17, 15) is 20.7 Å². The van der Waals surface area contributed by atoms with Gasteiger partial charge in [0.25, 0.3) is 0 Å². The number of carbonyl (C=O) groups is 2. The molecule has 65 heavy (non-hydrogen) atoms. The average Bonchev–Trinajstić information content (AvgIpc) is 3.31. The minimum Gasteiger partial charge on any atom is -0.497 e. The van der Waals surface area contributed by atoms with Crippen LogP contribution in [-0.2, 0) is 60.6 Å². The third-order valence-corrected chi connectivity index (χ3v) is 12.5. The second kappa shape index (κ2) is 24.3. The minimum absolute atomic E-state index is 0. The van der Waals surface area contributed by atoms with E-state index in [1.165, 1.54) is 7.11 Å². The minimum atomic E-state index is -1.39. The van der Waals surface area contributed by atoms with Crippen molar-refractivity contribution in [2.45, 2.75) is 123 Å². The zero-order valence-electron chi connectivity index (χ0n) is 37.2. The van der Waals surface area contributed by atoms with E-state index in [0.717, 1.165) is 16.9 Å². The highest BCUT2D eigenvalue weighted by Crippen LogP contribution is 2.40. The molecule has 352 valence electrons. The summed E-state index contributed by atoms with van der Waals surface area (Å²) in [6.45, 7) is 9.81. The lowest BCUT2D eigenvalue weighted by Gasteiger charge is -2.50. The summed E-state index contributed by atoms with van der Waals surface area (Å²) in [5, 5.41) is 8.15. The van der Waals surface area contributed by atoms with Crippen LogP contribution in [-0.4, -0.2) is 107 Å². The highest BCUT2D eigenvalue weighted by atomic mass is 16.7. The molecule has 3 heterocycles. The molecule has 0 radical (unpaired) electrons. The molecule has 3 aromatic carbocycles. The van der Waals surface area contributed by atoms with Crippen LogP contribution in [0.5, 0.6) is 5.75 Å². The van der Waals surface area contributed by atoms with E-state index >= 15 is 0 Å². The Balaban J connectivity index is 0.00000793. The van der Waals surface area contributed by atoms with Crippen molar-refractivity contribution in [2.24, 2.45) is 33.9 Å². The summed E-state index contributed by atoms with van der Waals surface area (Å²) in [6.07, 6.45) is -8.39. The molecule has 3 saturated heterocycles. The lowest BCUT2D eigenvalue weighted by molar-refractivity contribution is -0.347. The van der Waals surface area contributed by atoms with Crippen molar-refractivity contribution in [1.29, 1.82) is 0 Å². The van der Waals surface area contributed by atoms with Crippen molar-refractivity contribution in [2.75, 3.05) is 27.4 Å². The van der Waals surface area contributed by atoms with Crippen LogP contribution in [0.1, 0.15) is 63.5 Å². The molecule has 18 nitrogen and oxygen atoms in total. The number of methoxy groups -OCH3 is 2. The molecule has 3 aromatic rings. The number of rotatable bonds is 18. The molecule has 3 aliphatic rings. The number of benzene rings is 3. The summed E-state index contributed by atoms with van der Waals surface area (Å²) >= 11 is 0. The predicted octanol–water partition coefficient (Wildman–Crippen LogP) is 8.37. The number of nitrogens with zero attached hydrogens (tertiary/aromatic N) is 6. The second-order valence-corrected chi connectivity index (χ2v) is 16.5. The molecule has 6 unspecified atom stereocenters. The Morgan fingerprint density at radius 2 is 1.28 bits per heavy atom. The maximum Gasteiger partial charge on any atom is 0.338 e. The zero-order valence-corrected chi connectivity index (χ0v) is 37.2. The Kier molecular flexibility index (Phi) is 19.0. The van der Waals surface area contributed by atoms with E-state index in [0.29, 0.717) is 5.56 Å². The van der Waals surface area contributed by atoms with Crippen LogP contribution in [0.25, 0.3) is 20.9 Å². The van der Waals surface area contributed by atoms with E-state index in [1.807, 2.05) is 89.2 Å². The van der Waals surface area contributed by atoms with Gasteiger partial charge in [-0.25, -0.2) is 9.59 Å². The van der Waals surface area contributed by atoms with E-state index in [-0.39, 0.29) is 45.7 Å². The number of ether oxygens (including phenoxy) is 10. The van der Waals surface area contributed by atoms with Crippen molar-refractivity contribution < 1.29 is 57.0 Å². The Labute approximate surface area is 380 Å². The van der Waals surface area contributed by atoms with Crippen molar-refractivity contribution in [3.8, 4) is 5.75 Å². The Morgan fingerprint density at radius 1 is 0.646 bits per heavy atom. The van der Waals surface area contributed by atoms with Crippen molar-refractivity contribution in [3.63, 3.8) is 0 Å². The van der Waals surface area contributed by atoms with Crippen LogP contribution >= 0.6 is 0 Å². The van der Waals surface area contributed by atoms with Gasteiger partial charge in [-0.2, -0.15) is 0 Å². The Hall–Kier alpha value is -5.26. The highest BCUT2D eigenvalue weighted by Gasteiger charge is 2.54. The SMILES string of the molecule is C.COC(=O)C1O[C@@H](O[C@@H]2C(COCc3ccc(OC)cc3)O[C@@H](C)C(N=[N+]=[N-])[C@H]2C)C(OCc2ccccc2)[C@@H](C)[C@@H]1O[C@@H]1OC(COC(=O)c2ccccc2)[C@@H](C)[C@H](C)C1N=[N+]=[N-]. The number of carbonyl (C=O) groups excluding carboxylic acids is 2. The summed E-state index contributed by atoms with van der Waals surface area (Å²) in [6, 6.07) is 24.2. The molecule has 6 rings (SSSR count). The smallest absolute Gasteiger partial charge is 0.338 e. The normalized spacial score (nSPS) is 32.1. The number of azide groups is 2. The molecular formula is C47H62N6O12. The van der Waals surface area contributed by atoms with Gasteiger partial charge in [-0.3, -0.25) is 0 Å².